The van der Waals surface area contributed by atoms with Gasteiger partial charge in [-0.2, -0.15) is 5.10 Å². The van der Waals surface area contributed by atoms with Gasteiger partial charge >= 0.3 is 0 Å². The Morgan fingerprint density at radius 1 is 1.19 bits per heavy atom. The molecule has 0 fully saturated rings. The number of nitrogens with one attached hydrogen (secondary N) is 2. The van der Waals surface area contributed by atoms with Crippen molar-refractivity contribution in [2.75, 3.05) is 5.32 Å². The van der Waals surface area contributed by atoms with E-state index in [1.54, 1.807) is 35.1 Å². The van der Waals surface area contributed by atoms with Crippen LogP contribution in [0.5, 0.6) is 0 Å². The topological polar surface area (TPSA) is 41.9 Å². The van der Waals surface area contributed by atoms with Gasteiger partial charge in [-0.05, 0) is 58.0 Å². The van der Waals surface area contributed by atoms with Crippen LogP contribution in [0.2, 0.25) is 5.02 Å². The van der Waals surface area contributed by atoms with Gasteiger partial charge in [-0.3, -0.25) is 4.68 Å². The molecule has 0 aliphatic heterocycles. The normalized spacial score (nSPS) is 10.7. The molecule has 0 saturated carbocycles. The Hall–Kier alpha value is -2.03. The zero-order valence-electron chi connectivity index (χ0n) is 13.8. The lowest BCUT2D eigenvalue weighted by Gasteiger charge is -2.09. The first-order chi connectivity index (χ1) is 12.9. The molecule has 140 valence electrons. The first-order valence-corrected chi connectivity index (χ1v) is 9.45. The van der Waals surface area contributed by atoms with Crippen molar-refractivity contribution in [1.29, 1.82) is 0 Å². The molecule has 0 amide bonds. The van der Waals surface area contributed by atoms with Crippen LogP contribution >= 0.6 is 39.7 Å². The largest absolute Gasteiger partial charge is 0.358 e. The number of aromatic nitrogens is 2. The Kier molecular flexibility index (Phi) is 6.41. The highest BCUT2D eigenvalue weighted by atomic mass is 79.9. The van der Waals surface area contributed by atoms with E-state index in [4.69, 9.17) is 23.8 Å². The maximum absolute atomic E-state index is 13.9. The number of anilines is 1. The van der Waals surface area contributed by atoms with E-state index < -0.39 is 0 Å². The third kappa shape index (κ3) is 5.24. The molecule has 0 saturated heterocycles. The smallest absolute Gasteiger partial charge is 0.172 e. The second-order valence-corrected chi connectivity index (χ2v) is 7.33. The van der Waals surface area contributed by atoms with Gasteiger partial charge in [0.1, 0.15) is 11.6 Å². The number of hydrogen-bond acceptors (Lipinski definition) is 2. The molecule has 0 spiro atoms. The molecular weight excluding hydrogens is 458 g/mol. The fraction of sp³-hybridized carbons (Fsp3) is 0.111. The molecule has 27 heavy (non-hydrogen) atoms. The van der Waals surface area contributed by atoms with Gasteiger partial charge in [0.2, 0.25) is 0 Å². The van der Waals surface area contributed by atoms with Gasteiger partial charge < -0.3 is 10.6 Å². The van der Waals surface area contributed by atoms with E-state index in [-0.39, 0.29) is 18.2 Å². The van der Waals surface area contributed by atoms with Crippen molar-refractivity contribution in [3.63, 3.8) is 0 Å². The summed E-state index contributed by atoms with van der Waals surface area (Å²) in [6, 6.07) is 10.7. The second-order valence-electron chi connectivity index (χ2n) is 5.66. The van der Waals surface area contributed by atoms with Gasteiger partial charge in [0.15, 0.2) is 10.9 Å². The van der Waals surface area contributed by atoms with Crippen molar-refractivity contribution >= 4 is 50.7 Å². The van der Waals surface area contributed by atoms with Gasteiger partial charge in [-0.25, -0.2) is 8.78 Å². The molecular formula is C18H14BrClF2N4S. The second kappa shape index (κ2) is 8.77. The lowest BCUT2D eigenvalue weighted by atomic mass is 10.2. The molecule has 0 aliphatic carbocycles. The third-order valence-corrected chi connectivity index (χ3v) is 4.88. The van der Waals surface area contributed by atoms with Crippen LogP contribution in [0.3, 0.4) is 0 Å². The number of thiocarbonyl (C=S) groups is 1. The Balaban J connectivity index is 1.62. The maximum atomic E-state index is 13.9. The molecule has 1 heterocycles. The molecule has 0 bridgehead atoms. The van der Waals surface area contributed by atoms with E-state index in [0.29, 0.717) is 32.5 Å². The summed E-state index contributed by atoms with van der Waals surface area (Å²) in [6.07, 6.45) is 1.70. The molecule has 9 heteroatoms. The summed E-state index contributed by atoms with van der Waals surface area (Å²) in [5.41, 5.74) is 1.25. The number of hydrogen-bond donors (Lipinski definition) is 2. The SMILES string of the molecule is Fc1ccc(CNC(=S)Nc2nn(Cc3c(F)cccc3Cl)cc2Br)cc1. The van der Waals surface area contributed by atoms with E-state index in [1.807, 2.05) is 0 Å². The monoisotopic (exact) mass is 470 g/mol. The van der Waals surface area contributed by atoms with Crippen molar-refractivity contribution in [1.82, 2.24) is 15.1 Å². The first kappa shape index (κ1) is 19.7. The van der Waals surface area contributed by atoms with Crippen LogP contribution < -0.4 is 10.6 Å². The summed E-state index contributed by atoms with van der Waals surface area (Å²) in [4.78, 5) is 0. The lowest BCUT2D eigenvalue weighted by molar-refractivity contribution is 0.586. The number of halogens is 4. The zero-order chi connectivity index (χ0) is 19.4. The highest BCUT2D eigenvalue weighted by Crippen LogP contribution is 2.24. The number of rotatable bonds is 5. The van der Waals surface area contributed by atoms with Crippen LogP contribution in [0.15, 0.2) is 53.1 Å². The molecule has 0 atom stereocenters. The van der Waals surface area contributed by atoms with Crippen LogP contribution in [0.25, 0.3) is 0 Å². The van der Waals surface area contributed by atoms with E-state index >= 15 is 0 Å². The number of nitrogens with zero attached hydrogens (tertiary/aromatic N) is 2. The van der Waals surface area contributed by atoms with E-state index in [1.165, 1.54) is 18.2 Å². The molecule has 0 unspecified atom stereocenters. The van der Waals surface area contributed by atoms with Crippen LogP contribution in [0, 0.1) is 11.6 Å². The molecule has 3 aromatic rings. The quantitative estimate of drug-likeness (QED) is 0.507. The van der Waals surface area contributed by atoms with Gasteiger partial charge in [0.05, 0.1) is 11.0 Å². The van der Waals surface area contributed by atoms with Crippen molar-refractivity contribution in [2.24, 2.45) is 0 Å². The fourth-order valence-electron chi connectivity index (χ4n) is 2.34. The maximum Gasteiger partial charge on any atom is 0.172 e. The van der Waals surface area contributed by atoms with Gasteiger partial charge in [-0.15, -0.1) is 0 Å². The molecule has 3 rings (SSSR count). The van der Waals surface area contributed by atoms with Gasteiger partial charge in [-0.1, -0.05) is 29.8 Å². The molecule has 2 aromatic carbocycles. The lowest BCUT2D eigenvalue weighted by Crippen LogP contribution is -2.28. The predicted molar refractivity (Wildman–Crippen MR) is 110 cm³/mol. The Labute approximate surface area is 173 Å². The summed E-state index contributed by atoms with van der Waals surface area (Å²) in [5, 5.41) is 11.0. The van der Waals surface area contributed by atoms with Crippen LogP contribution in [0.4, 0.5) is 14.6 Å². The van der Waals surface area contributed by atoms with Crippen molar-refractivity contribution in [3.8, 4) is 0 Å². The molecule has 4 nitrogen and oxygen atoms in total. The summed E-state index contributed by atoms with van der Waals surface area (Å²) < 4.78 is 29.1. The summed E-state index contributed by atoms with van der Waals surface area (Å²) in [5.74, 6) is -0.192. The highest BCUT2D eigenvalue weighted by Gasteiger charge is 2.12. The third-order valence-electron chi connectivity index (χ3n) is 3.70. The first-order valence-electron chi connectivity index (χ1n) is 7.87. The minimum absolute atomic E-state index is 0.182. The van der Waals surface area contributed by atoms with Gasteiger partial charge in [0.25, 0.3) is 0 Å². The minimum Gasteiger partial charge on any atom is -0.358 e. The average molecular weight is 472 g/mol. The van der Waals surface area contributed by atoms with Crippen LogP contribution in [-0.4, -0.2) is 14.9 Å². The Bertz CT molecular complexity index is 942. The van der Waals surface area contributed by atoms with Crippen LogP contribution in [-0.2, 0) is 13.1 Å². The molecule has 0 radical (unpaired) electrons. The summed E-state index contributed by atoms with van der Waals surface area (Å²) in [6.45, 7) is 0.622. The molecule has 0 aliphatic rings. The van der Waals surface area contributed by atoms with E-state index in [9.17, 15) is 8.78 Å². The van der Waals surface area contributed by atoms with Crippen molar-refractivity contribution in [3.05, 3.63) is 80.9 Å². The summed E-state index contributed by atoms with van der Waals surface area (Å²) in [7, 11) is 0. The zero-order valence-corrected chi connectivity index (χ0v) is 17.0. The fourth-order valence-corrected chi connectivity index (χ4v) is 3.15. The average Bonchev–Trinajstić information content (AvgIpc) is 2.97. The van der Waals surface area contributed by atoms with Gasteiger partial charge in [0, 0.05) is 23.3 Å². The standard InChI is InChI=1S/C18H14BrClF2N4S/c19-14-10-26(9-13-15(20)2-1-3-16(13)22)25-17(14)24-18(27)23-8-11-4-6-12(21)7-5-11/h1-7,10H,8-9H2,(H2,23,24,25,27). The van der Waals surface area contributed by atoms with Crippen molar-refractivity contribution < 1.29 is 8.78 Å². The Morgan fingerprint density at radius 3 is 2.63 bits per heavy atom. The molecule has 2 N–H and O–H groups in total. The van der Waals surface area contributed by atoms with Crippen LogP contribution in [0.1, 0.15) is 11.1 Å². The van der Waals surface area contributed by atoms with E-state index in [0.717, 1.165) is 5.56 Å². The predicted octanol–water partition coefficient (Wildman–Crippen LogP) is 5.11. The highest BCUT2D eigenvalue weighted by molar-refractivity contribution is 9.10. The Morgan fingerprint density at radius 2 is 1.93 bits per heavy atom. The molecule has 1 aromatic heterocycles. The minimum atomic E-state index is -0.389. The van der Waals surface area contributed by atoms with Crippen molar-refractivity contribution in [2.45, 2.75) is 13.1 Å². The summed E-state index contributed by atoms with van der Waals surface area (Å²) >= 11 is 14.7. The van der Waals surface area contributed by atoms with E-state index in [2.05, 4.69) is 31.7 Å². The number of benzene rings is 2.